The summed E-state index contributed by atoms with van der Waals surface area (Å²) in [6, 6.07) is 5.21. The number of nitrogen functional groups attached to an aromatic ring is 1. The minimum absolute atomic E-state index is 0.120. The topological polar surface area (TPSA) is 90.0 Å². The van der Waals surface area contributed by atoms with Crippen molar-refractivity contribution in [2.45, 2.75) is 25.3 Å². The summed E-state index contributed by atoms with van der Waals surface area (Å²) in [6.07, 6.45) is 1.55. The lowest BCUT2D eigenvalue weighted by molar-refractivity contribution is 0.581. The first-order chi connectivity index (χ1) is 9.29. The zero-order valence-electron chi connectivity index (χ0n) is 11.7. The third-order valence-electron chi connectivity index (χ3n) is 3.02. The molecule has 0 bridgehead atoms. The molecule has 1 heterocycles. The van der Waals surface area contributed by atoms with E-state index in [1.165, 1.54) is 4.68 Å². The van der Waals surface area contributed by atoms with Crippen molar-refractivity contribution in [1.29, 1.82) is 0 Å². The third kappa shape index (κ3) is 3.00. The van der Waals surface area contributed by atoms with Gasteiger partial charge in [-0.1, -0.05) is 6.07 Å². The van der Waals surface area contributed by atoms with Gasteiger partial charge in [-0.2, -0.15) is 5.10 Å². The van der Waals surface area contributed by atoms with E-state index >= 15 is 0 Å². The van der Waals surface area contributed by atoms with Crippen molar-refractivity contribution in [3.8, 4) is 0 Å². The molecule has 0 saturated heterocycles. The Balaban J connectivity index is 2.21. The molecule has 0 aliphatic carbocycles. The monoisotopic (exact) mass is 294 g/mol. The van der Waals surface area contributed by atoms with Crippen LogP contribution in [0.1, 0.15) is 16.7 Å². The van der Waals surface area contributed by atoms with E-state index in [0.717, 1.165) is 11.1 Å². The Hall–Kier alpha value is -1.86. The second-order valence-corrected chi connectivity index (χ2v) is 6.59. The van der Waals surface area contributed by atoms with Gasteiger partial charge in [0.2, 0.25) is 10.0 Å². The highest BCUT2D eigenvalue weighted by molar-refractivity contribution is 7.89. The first-order valence-corrected chi connectivity index (χ1v) is 7.62. The minimum Gasteiger partial charge on any atom is -0.384 e. The van der Waals surface area contributed by atoms with Gasteiger partial charge in [0.1, 0.15) is 5.82 Å². The molecule has 0 aliphatic rings. The van der Waals surface area contributed by atoms with Crippen LogP contribution in [-0.4, -0.2) is 18.2 Å². The van der Waals surface area contributed by atoms with Crippen molar-refractivity contribution in [2.75, 3.05) is 5.73 Å². The lowest BCUT2D eigenvalue weighted by atomic mass is 10.2. The number of aromatic nitrogens is 2. The summed E-state index contributed by atoms with van der Waals surface area (Å²) >= 11 is 0. The van der Waals surface area contributed by atoms with Crippen molar-refractivity contribution >= 4 is 15.8 Å². The van der Waals surface area contributed by atoms with Crippen molar-refractivity contribution in [2.24, 2.45) is 7.05 Å². The number of benzene rings is 1. The first kappa shape index (κ1) is 14.5. The summed E-state index contributed by atoms with van der Waals surface area (Å²) in [6.45, 7) is 3.85. The van der Waals surface area contributed by atoms with Gasteiger partial charge in [-0.25, -0.2) is 13.1 Å². The molecule has 0 unspecified atom stereocenters. The molecule has 0 amide bonds. The molecule has 108 valence electrons. The van der Waals surface area contributed by atoms with Crippen LogP contribution >= 0.6 is 0 Å². The summed E-state index contributed by atoms with van der Waals surface area (Å²) in [5.74, 6) is 0.452. The Morgan fingerprint density at radius 1 is 1.25 bits per heavy atom. The standard InChI is InChI=1S/C13H18N4O2S/c1-9-4-10(2)6-12(5-9)20(18,19)16-8-11-7-15-17(3)13(11)14/h4-7,16H,8,14H2,1-3H3. The van der Waals surface area contributed by atoms with Crippen LogP contribution in [0.25, 0.3) is 0 Å². The number of sulfonamides is 1. The Bertz CT molecular complexity index is 715. The molecule has 0 saturated carbocycles. The average molecular weight is 294 g/mol. The lowest BCUT2D eigenvalue weighted by Crippen LogP contribution is -2.23. The maximum atomic E-state index is 12.2. The van der Waals surface area contributed by atoms with Gasteiger partial charge in [-0.3, -0.25) is 4.68 Å². The van der Waals surface area contributed by atoms with Crippen LogP contribution in [0.3, 0.4) is 0 Å². The largest absolute Gasteiger partial charge is 0.384 e. The number of nitrogens with zero attached hydrogens (tertiary/aromatic N) is 2. The number of aryl methyl sites for hydroxylation is 3. The number of hydrogen-bond donors (Lipinski definition) is 2. The molecule has 0 fully saturated rings. The Morgan fingerprint density at radius 2 is 1.85 bits per heavy atom. The van der Waals surface area contributed by atoms with E-state index in [9.17, 15) is 8.42 Å². The van der Waals surface area contributed by atoms with Gasteiger partial charge in [-0.05, 0) is 37.1 Å². The molecule has 20 heavy (non-hydrogen) atoms. The fourth-order valence-electron chi connectivity index (χ4n) is 1.97. The van der Waals surface area contributed by atoms with Crippen molar-refractivity contribution in [1.82, 2.24) is 14.5 Å². The molecule has 2 aromatic rings. The van der Waals surface area contributed by atoms with Crippen LogP contribution in [0, 0.1) is 13.8 Å². The lowest BCUT2D eigenvalue weighted by Gasteiger charge is -2.08. The average Bonchev–Trinajstić information content (AvgIpc) is 2.66. The zero-order valence-corrected chi connectivity index (χ0v) is 12.5. The predicted molar refractivity (Wildman–Crippen MR) is 77.6 cm³/mol. The van der Waals surface area contributed by atoms with Crippen LogP contribution in [0.5, 0.6) is 0 Å². The van der Waals surface area contributed by atoms with Crippen LogP contribution in [0.15, 0.2) is 29.3 Å². The number of rotatable bonds is 4. The van der Waals surface area contributed by atoms with Gasteiger partial charge in [0.15, 0.2) is 0 Å². The van der Waals surface area contributed by atoms with E-state index < -0.39 is 10.0 Å². The van der Waals surface area contributed by atoms with Gasteiger partial charge in [0.05, 0.1) is 11.1 Å². The molecule has 1 aromatic carbocycles. The fraction of sp³-hybridized carbons (Fsp3) is 0.308. The summed E-state index contributed by atoms with van der Waals surface area (Å²) < 4.78 is 28.5. The highest BCUT2D eigenvalue weighted by Gasteiger charge is 2.16. The summed E-state index contributed by atoms with van der Waals surface area (Å²) in [7, 11) is -1.85. The predicted octanol–water partition coefficient (Wildman–Crippen LogP) is 1.10. The SMILES string of the molecule is Cc1cc(C)cc(S(=O)(=O)NCc2cnn(C)c2N)c1. The number of nitrogens with one attached hydrogen (secondary N) is 1. The molecule has 0 aliphatic heterocycles. The maximum absolute atomic E-state index is 12.2. The Kier molecular flexibility index (Phi) is 3.82. The number of anilines is 1. The van der Waals surface area contributed by atoms with E-state index in [2.05, 4.69) is 9.82 Å². The second kappa shape index (κ2) is 5.26. The van der Waals surface area contributed by atoms with Crippen molar-refractivity contribution in [3.63, 3.8) is 0 Å². The molecule has 0 radical (unpaired) electrons. The number of hydrogen-bond acceptors (Lipinski definition) is 4. The van der Waals surface area contributed by atoms with Gasteiger partial charge in [-0.15, -0.1) is 0 Å². The maximum Gasteiger partial charge on any atom is 0.240 e. The molecule has 7 heteroatoms. The van der Waals surface area contributed by atoms with E-state index in [4.69, 9.17) is 5.73 Å². The molecule has 0 atom stereocenters. The molecule has 1 aromatic heterocycles. The fourth-order valence-corrected chi connectivity index (χ4v) is 3.17. The van der Waals surface area contributed by atoms with Gasteiger partial charge in [0, 0.05) is 19.2 Å². The number of nitrogens with two attached hydrogens (primary N) is 1. The van der Waals surface area contributed by atoms with Gasteiger partial charge < -0.3 is 5.73 Å². The summed E-state index contributed by atoms with van der Waals surface area (Å²) in [5.41, 5.74) is 8.25. The van der Waals surface area contributed by atoms with Crippen LogP contribution in [0.4, 0.5) is 5.82 Å². The highest BCUT2D eigenvalue weighted by atomic mass is 32.2. The molecular weight excluding hydrogens is 276 g/mol. The minimum atomic E-state index is -3.55. The van der Waals surface area contributed by atoms with Crippen LogP contribution in [0.2, 0.25) is 0 Å². The molecule has 0 spiro atoms. The normalized spacial score (nSPS) is 11.8. The van der Waals surface area contributed by atoms with E-state index in [-0.39, 0.29) is 11.4 Å². The molecule has 2 rings (SSSR count). The van der Waals surface area contributed by atoms with Crippen molar-refractivity contribution in [3.05, 3.63) is 41.1 Å². The summed E-state index contributed by atoms with van der Waals surface area (Å²) in [4.78, 5) is 0.262. The quantitative estimate of drug-likeness (QED) is 0.883. The van der Waals surface area contributed by atoms with E-state index in [1.807, 2.05) is 19.9 Å². The highest BCUT2D eigenvalue weighted by Crippen LogP contribution is 2.15. The van der Waals surface area contributed by atoms with Crippen molar-refractivity contribution < 1.29 is 8.42 Å². The second-order valence-electron chi connectivity index (χ2n) is 4.83. The van der Waals surface area contributed by atoms with Crippen LogP contribution in [-0.2, 0) is 23.6 Å². The van der Waals surface area contributed by atoms with E-state index in [1.54, 1.807) is 25.4 Å². The Labute approximate surface area is 118 Å². The first-order valence-electron chi connectivity index (χ1n) is 6.14. The zero-order chi connectivity index (χ0) is 14.9. The molecule has 6 nitrogen and oxygen atoms in total. The molecular formula is C13H18N4O2S. The van der Waals surface area contributed by atoms with Gasteiger partial charge >= 0.3 is 0 Å². The smallest absolute Gasteiger partial charge is 0.240 e. The molecule has 3 N–H and O–H groups in total. The third-order valence-corrected chi connectivity index (χ3v) is 4.40. The Morgan fingerprint density at radius 3 is 2.35 bits per heavy atom. The van der Waals surface area contributed by atoms with E-state index in [0.29, 0.717) is 11.4 Å². The van der Waals surface area contributed by atoms with Gasteiger partial charge in [0.25, 0.3) is 0 Å². The van der Waals surface area contributed by atoms with Crippen LogP contribution < -0.4 is 10.5 Å². The summed E-state index contributed by atoms with van der Waals surface area (Å²) in [5, 5.41) is 3.97.